The summed E-state index contributed by atoms with van der Waals surface area (Å²) in [5.74, 6) is -0.202. The van der Waals surface area contributed by atoms with Gasteiger partial charge in [0.2, 0.25) is 5.91 Å². The van der Waals surface area contributed by atoms with E-state index in [9.17, 15) is 4.79 Å². The van der Waals surface area contributed by atoms with Gasteiger partial charge in [0.25, 0.3) is 0 Å². The Hall–Kier alpha value is -1.43. The molecule has 1 atom stereocenters. The molecule has 0 aromatic heterocycles. The lowest BCUT2D eigenvalue weighted by Gasteiger charge is -2.16. The van der Waals surface area contributed by atoms with Crippen LogP contribution in [0.2, 0.25) is 0 Å². The number of nitrogens with one attached hydrogen (secondary N) is 1. The van der Waals surface area contributed by atoms with E-state index in [0.29, 0.717) is 19.6 Å². The minimum absolute atomic E-state index is 0.000533. The number of hydrogen-bond donors (Lipinski definition) is 2. The van der Waals surface area contributed by atoms with Gasteiger partial charge >= 0.3 is 0 Å². The van der Waals surface area contributed by atoms with E-state index in [2.05, 4.69) is 5.32 Å². The molecule has 0 bridgehead atoms. The highest BCUT2D eigenvalue weighted by molar-refractivity contribution is 5.77. The fourth-order valence-corrected chi connectivity index (χ4v) is 1.66. The maximum absolute atomic E-state index is 11.6. The van der Waals surface area contributed by atoms with Crippen LogP contribution in [-0.2, 0) is 20.9 Å². The largest absolute Gasteiger partial charge is 0.396 e. The zero-order valence-electron chi connectivity index (χ0n) is 11.2. The van der Waals surface area contributed by atoms with Gasteiger partial charge in [0, 0.05) is 13.7 Å². The van der Waals surface area contributed by atoms with E-state index in [-0.39, 0.29) is 25.2 Å². The molecule has 1 unspecified atom stereocenters. The summed E-state index contributed by atoms with van der Waals surface area (Å²) in [6.45, 7) is 0.800. The van der Waals surface area contributed by atoms with Crippen LogP contribution in [0.15, 0.2) is 30.3 Å². The number of amides is 1. The summed E-state index contributed by atoms with van der Waals surface area (Å²) in [5, 5.41) is 11.6. The second-order valence-corrected chi connectivity index (χ2v) is 4.21. The third-order valence-corrected chi connectivity index (χ3v) is 2.56. The van der Waals surface area contributed by atoms with Gasteiger partial charge in [-0.2, -0.15) is 0 Å². The van der Waals surface area contributed by atoms with Gasteiger partial charge in [-0.05, 0) is 12.0 Å². The average molecular weight is 267 g/mol. The summed E-state index contributed by atoms with van der Waals surface area (Å²) in [6, 6.07) is 9.49. The quantitative estimate of drug-likeness (QED) is 0.691. The molecule has 0 heterocycles. The van der Waals surface area contributed by atoms with Gasteiger partial charge in [-0.25, -0.2) is 0 Å². The van der Waals surface area contributed by atoms with Gasteiger partial charge in [-0.15, -0.1) is 0 Å². The molecule has 1 aromatic carbocycles. The Labute approximate surface area is 113 Å². The van der Waals surface area contributed by atoms with E-state index < -0.39 is 0 Å². The Balaban J connectivity index is 2.23. The van der Waals surface area contributed by atoms with Crippen molar-refractivity contribution in [2.24, 2.45) is 0 Å². The van der Waals surface area contributed by atoms with E-state index >= 15 is 0 Å². The van der Waals surface area contributed by atoms with Crippen LogP contribution in [0.3, 0.4) is 0 Å². The second kappa shape index (κ2) is 9.49. The number of carbonyl (C=O) groups is 1. The molecule has 0 aliphatic heterocycles. The van der Waals surface area contributed by atoms with Crippen LogP contribution in [0, 0.1) is 0 Å². The minimum atomic E-state index is -0.202. The zero-order valence-corrected chi connectivity index (χ0v) is 11.2. The Morgan fingerprint density at radius 1 is 1.37 bits per heavy atom. The highest BCUT2D eigenvalue weighted by Crippen LogP contribution is 2.00. The lowest BCUT2D eigenvalue weighted by atomic mass is 10.2. The maximum atomic E-state index is 11.6. The third kappa shape index (κ3) is 6.91. The van der Waals surface area contributed by atoms with Gasteiger partial charge in [0.05, 0.1) is 19.3 Å². The van der Waals surface area contributed by atoms with E-state index in [4.69, 9.17) is 14.6 Å². The monoisotopic (exact) mass is 267 g/mol. The lowest BCUT2D eigenvalue weighted by Crippen LogP contribution is -2.40. The van der Waals surface area contributed by atoms with E-state index in [1.807, 2.05) is 30.3 Å². The molecule has 0 aliphatic carbocycles. The van der Waals surface area contributed by atoms with Crippen molar-refractivity contribution in [1.29, 1.82) is 0 Å². The normalized spacial score (nSPS) is 12.1. The lowest BCUT2D eigenvalue weighted by molar-refractivity contribution is -0.127. The second-order valence-electron chi connectivity index (χ2n) is 4.21. The Morgan fingerprint density at radius 2 is 2.11 bits per heavy atom. The van der Waals surface area contributed by atoms with Crippen LogP contribution >= 0.6 is 0 Å². The number of aliphatic hydroxyl groups is 1. The van der Waals surface area contributed by atoms with Crippen molar-refractivity contribution in [3.8, 4) is 0 Å². The van der Waals surface area contributed by atoms with Crippen LogP contribution in [0.25, 0.3) is 0 Å². The fraction of sp³-hybridized carbons (Fsp3) is 0.500. The standard InChI is InChI=1S/C14H21NO4/c1-18-10-13(7-8-16)15-14(17)11-19-9-12-5-3-2-4-6-12/h2-6,13,16H,7-11H2,1H3,(H,15,17). The first kappa shape index (κ1) is 15.6. The molecule has 106 valence electrons. The molecule has 1 aromatic rings. The van der Waals surface area contributed by atoms with E-state index in [1.165, 1.54) is 0 Å². The number of benzene rings is 1. The summed E-state index contributed by atoms with van der Waals surface area (Å²) >= 11 is 0. The average Bonchev–Trinajstić information content (AvgIpc) is 2.40. The van der Waals surface area contributed by atoms with Gasteiger partial charge in [0.1, 0.15) is 6.61 Å². The molecule has 0 saturated heterocycles. The SMILES string of the molecule is COCC(CCO)NC(=O)COCc1ccccc1. The minimum Gasteiger partial charge on any atom is -0.396 e. The Kier molecular flexibility index (Phi) is 7.81. The highest BCUT2D eigenvalue weighted by Gasteiger charge is 2.11. The molecule has 0 spiro atoms. The van der Waals surface area contributed by atoms with Crippen molar-refractivity contribution in [3.63, 3.8) is 0 Å². The summed E-state index contributed by atoms with van der Waals surface area (Å²) in [4.78, 5) is 11.6. The van der Waals surface area contributed by atoms with Crippen molar-refractivity contribution >= 4 is 5.91 Å². The smallest absolute Gasteiger partial charge is 0.246 e. The molecular weight excluding hydrogens is 246 g/mol. The highest BCUT2D eigenvalue weighted by atomic mass is 16.5. The van der Waals surface area contributed by atoms with Crippen LogP contribution in [0.4, 0.5) is 0 Å². The summed E-state index contributed by atoms with van der Waals surface area (Å²) in [5.41, 5.74) is 1.03. The molecule has 19 heavy (non-hydrogen) atoms. The first-order valence-corrected chi connectivity index (χ1v) is 6.27. The molecule has 5 nitrogen and oxygen atoms in total. The summed E-state index contributed by atoms with van der Waals surface area (Å²) in [7, 11) is 1.56. The first-order valence-electron chi connectivity index (χ1n) is 6.27. The maximum Gasteiger partial charge on any atom is 0.246 e. The molecular formula is C14H21NO4. The molecule has 2 N–H and O–H groups in total. The summed E-state index contributed by atoms with van der Waals surface area (Å²) < 4.78 is 10.3. The molecule has 0 radical (unpaired) electrons. The topological polar surface area (TPSA) is 67.8 Å². The predicted octanol–water partition coefficient (Wildman–Crippen LogP) is 0.717. The third-order valence-electron chi connectivity index (χ3n) is 2.56. The number of methoxy groups -OCH3 is 1. The van der Waals surface area contributed by atoms with Crippen molar-refractivity contribution < 1.29 is 19.4 Å². The molecule has 1 amide bonds. The first-order chi connectivity index (χ1) is 9.26. The Morgan fingerprint density at radius 3 is 2.74 bits per heavy atom. The number of hydrogen-bond acceptors (Lipinski definition) is 4. The van der Waals surface area contributed by atoms with Gasteiger partial charge in [-0.1, -0.05) is 30.3 Å². The van der Waals surface area contributed by atoms with Crippen molar-refractivity contribution in [1.82, 2.24) is 5.32 Å². The number of ether oxygens (including phenoxy) is 2. The van der Waals surface area contributed by atoms with Crippen molar-refractivity contribution in [3.05, 3.63) is 35.9 Å². The molecule has 0 aliphatic rings. The van der Waals surface area contributed by atoms with E-state index in [0.717, 1.165) is 5.56 Å². The van der Waals surface area contributed by atoms with Gasteiger partial charge < -0.3 is 19.9 Å². The molecule has 0 saturated carbocycles. The zero-order chi connectivity index (χ0) is 13.9. The fourth-order valence-electron chi connectivity index (χ4n) is 1.66. The Bertz CT molecular complexity index is 350. The summed E-state index contributed by atoms with van der Waals surface area (Å²) in [6.07, 6.45) is 0.471. The van der Waals surface area contributed by atoms with Crippen LogP contribution in [0.5, 0.6) is 0 Å². The van der Waals surface area contributed by atoms with Gasteiger partial charge in [0.15, 0.2) is 0 Å². The number of aliphatic hydroxyl groups excluding tert-OH is 1. The van der Waals surface area contributed by atoms with Crippen LogP contribution < -0.4 is 5.32 Å². The molecule has 0 fully saturated rings. The van der Waals surface area contributed by atoms with Gasteiger partial charge in [-0.3, -0.25) is 4.79 Å². The van der Waals surface area contributed by atoms with E-state index in [1.54, 1.807) is 7.11 Å². The van der Waals surface area contributed by atoms with Crippen LogP contribution in [-0.4, -0.2) is 44.0 Å². The molecule has 1 rings (SSSR count). The number of carbonyl (C=O) groups excluding carboxylic acids is 1. The van der Waals surface area contributed by atoms with Crippen molar-refractivity contribution in [2.75, 3.05) is 26.9 Å². The predicted molar refractivity (Wildman–Crippen MR) is 71.6 cm³/mol. The number of rotatable bonds is 9. The van der Waals surface area contributed by atoms with Crippen molar-refractivity contribution in [2.45, 2.75) is 19.1 Å². The molecule has 5 heteroatoms. The van der Waals surface area contributed by atoms with Crippen LogP contribution in [0.1, 0.15) is 12.0 Å².